The van der Waals surface area contributed by atoms with Crippen molar-refractivity contribution in [3.05, 3.63) is 63.5 Å². The predicted octanol–water partition coefficient (Wildman–Crippen LogP) is 4.98. The highest BCUT2D eigenvalue weighted by Gasteiger charge is 2.46. The van der Waals surface area contributed by atoms with E-state index in [1.54, 1.807) is 36.5 Å². The number of aromatic hydroxyl groups is 1. The molecule has 2 aromatic rings. The number of esters is 1. The average molecular weight is 424 g/mol. The Labute approximate surface area is 180 Å². The third-order valence-electron chi connectivity index (χ3n) is 5.79. The second kappa shape index (κ2) is 8.56. The summed E-state index contributed by atoms with van der Waals surface area (Å²) in [6, 6.07) is 10.9. The fourth-order valence-electron chi connectivity index (χ4n) is 4.52. The second-order valence-corrected chi connectivity index (χ2v) is 8.85. The number of ether oxygens (including phenoxy) is 1. The number of phenols is 1. The highest BCUT2D eigenvalue weighted by Crippen LogP contribution is 2.46. The van der Waals surface area contributed by atoms with Crippen LogP contribution in [0.15, 0.2) is 58.0 Å². The molecule has 4 rings (SSSR count). The number of thiophene rings is 1. The lowest BCUT2D eigenvalue weighted by atomic mass is 9.67. The number of carbonyl (C=O) groups excluding carboxylic acids is 2. The number of ketones is 1. The van der Waals surface area contributed by atoms with E-state index in [9.17, 15) is 14.7 Å². The minimum absolute atomic E-state index is 0.0834. The molecule has 0 spiro atoms. The standard InChI is InChI=1S/C24H25NO4S/c1-3-9-29-24(28)21-14(2)25-18-12-16(20-8-5-10-30-20)13-19(27)23(18)22(21)15-6-4-7-17(26)11-15/h4-8,10-11,16,22-23,26H,3,9,12-13H2,1-2H3/t16-,22-,23+/m0/s1. The number of hydrogen-bond acceptors (Lipinski definition) is 6. The zero-order valence-electron chi connectivity index (χ0n) is 17.1. The summed E-state index contributed by atoms with van der Waals surface area (Å²) in [7, 11) is 0. The van der Waals surface area contributed by atoms with Gasteiger partial charge in [0.25, 0.3) is 0 Å². The molecule has 6 heteroatoms. The maximum absolute atomic E-state index is 13.4. The molecule has 2 heterocycles. The van der Waals surface area contributed by atoms with E-state index >= 15 is 0 Å². The van der Waals surface area contributed by atoms with Gasteiger partial charge >= 0.3 is 5.97 Å². The van der Waals surface area contributed by atoms with Crippen LogP contribution >= 0.6 is 11.3 Å². The van der Waals surface area contributed by atoms with E-state index in [1.807, 2.05) is 24.4 Å². The van der Waals surface area contributed by atoms with E-state index < -0.39 is 17.8 Å². The molecule has 0 radical (unpaired) electrons. The molecule has 0 unspecified atom stereocenters. The van der Waals surface area contributed by atoms with Gasteiger partial charge in [-0.1, -0.05) is 25.1 Å². The van der Waals surface area contributed by atoms with Crippen molar-refractivity contribution in [1.82, 2.24) is 0 Å². The molecule has 156 valence electrons. The molecule has 1 saturated carbocycles. The molecule has 1 aliphatic carbocycles. The van der Waals surface area contributed by atoms with Crippen molar-refractivity contribution in [3.63, 3.8) is 0 Å². The zero-order chi connectivity index (χ0) is 21.3. The lowest BCUT2D eigenvalue weighted by Gasteiger charge is -2.38. The number of carbonyl (C=O) groups is 2. The van der Waals surface area contributed by atoms with Crippen LogP contribution in [0.1, 0.15) is 55.4 Å². The van der Waals surface area contributed by atoms with Crippen molar-refractivity contribution in [2.24, 2.45) is 10.9 Å². The number of allylic oxidation sites excluding steroid dienone is 1. The Morgan fingerprint density at radius 3 is 2.77 bits per heavy atom. The molecule has 1 aliphatic heterocycles. The molecular weight excluding hydrogens is 398 g/mol. The normalized spacial score (nSPS) is 23.7. The molecule has 0 amide bonds. The smallest absolute Gasteiger partial charge is 0.336 e. The molecule has 1 aromatic heterocycles. The highest BCUT2D eigenvalue weighted by atomic mass is 32.1. The summed E-state index contributed by atoms with van der Waals surface area (Å²) in [6.07, 6.45) is 1.84. The van der Waals surface area contributed by atoms with Gasteiger partial charge in [0.15, 0.2) is 0 Å². The number of fused-ring (bicyclic) bond motifs is 1. The van der Waals surface area contributed by atoms with Gasteiger partial charge in [-0.05, 0) is 48.9 Å². The van der Waals surface area contributed by atoms with E-state index in [4.69, 9.17) is 9.73 Å². The van der Waals surface area contributed by atoms with E-state index in [0.717, 1.165) is 11.3 Å². The van der Waals surface area contributed by atoms with Gasteiger partial charge < -0.3 is 9.84 Å². The fourth-order valence-corrected chi connectivity index (χ4v) is 5.35. The first-order valence-electron chi connectivity index (χ1n) is 10.3. The van der Waals surface area contributed by atoms with Crippen LogP contribution in [0.3, 0.4) is 0 Å². The number of hydrogen-bond donors (Lipinski definition) is 1. The molecule has 2 aliphatic rings. The minimum Gasteiger partial charge on any atom is -0.508 e. The molecule has 0 bridgehead atoms. The molecular formula is C24H25NO4S. The Bertz CT molecular complexity index is 1020. The number of benzene rings is 1. The van der Waals surface area contributed by atoms with Gasteiger partial charge in [0.05, 0.1) is 18.1 Å². The summed E-state index contributed by atoms with van der Waals surface area (Å²) in [5.74, 6) is -1.12. The van der Waals surface area contributed by atoms with Gasteiger partial charge in [0.2, 0.25) is 0 Å². The molecule has 1 fully saturated rings. The highest BCUT2D eigenvalue weighted by molar-refractivity contribution is 7.10. The summed E-state index contributed by atoms with van der Waals surface area (Å²) < 4.78 is 5.44. The monoisotopic (exact) mass is 423 g/mol. The van der Waals surface area contributed by atoms with Crippen molar-refractivity contribution < 1.29 is 19.4 Å². The van der Waals surface area contributed by atoms with Gasteiger partial charge in [-0.2, -0.15) is 0 Å². The first-order valence-corrected chi connectivity index (χ1v) is 11.2. The van der Waals surface area contributed by atoms with Gasteiger partial charge in [0.1, 0.15) is 11.5 Å². The third kappa shape index (κ3) is 3.84. The lowest BCUT2D eigenvalue weighted by Crippen LogP contribution is -2.41. The molecule has 1 aromatic carbocycles. The molecule has 0 saturated heterocycles. The summed E-state index contributed by atoms with van der Waals surface area (Å²) in [5.41, 5.74) is 2.57. The van der Waals surface area contributed by atoms with Crippen molar-refractivity contribution in [2.45, 2.75) is 44.9 Å². The Hall–Kier alpha value is -2.73. The summed E-state index contributed by atoms with van der Waals surface area (Å²) >= 11 is 1.66. The maximum Gasteiger partial charge on any atom is 0.336 e. The molecule has 3 atom stereocenters. The van der Waals surface area contributed by atoms with Gasteiger partial charge in [-0.3, -0.25) is 9.79 Å². The van der Waals surface area contributed by atoms with Gasteiger partial charge in [-0.25, -0.2) is 4.79 Å². The number of Topliss-reactive ketones (excluding diaryl/α,β-unsaturated/α-hetero) is 1. The van der Waals surface area contributed by atoms with Crippen LogP contribution in [0.4, 0.5) is 0 Å². The Morgan fingerprint density at radius 2 is 2.07 bits per heavy atom. The van der Waals surface area contributed by atoms with Crippen LogP contribution in [-0.2, 0) is 14.3 Å². The molecule has 1 N–H and O–H groups in total. The minimum atomic E-state index is -0.504. The number of aliphatic imine (C=N–C) groups is 1. The lowest BCUT2D eigenvalue weighted by molar-refractivity contribution is -0.139. The first kappa shape index (κ1) is 20.5. The zero-order valence-corrected chi connectivity index (χ0v) is 17.9. The van der Waals surface area contributed by atoms with Crippen molar-refractivity contribution >= 4 is 28.8 Å². The fraction of sp³-hybridized carbons (Fsp3) is 0.375. The Kier molecular flexibility index (Phi) is 5.86. The molecule has 5 nitrogen and oxygen atoms in total. The summed E-state index contributed by atoms with van der Waals surface area (Å²) in [4.78, 5) is 32.3. The van der Waals surface area contributed by atoms with Crippen molar-refractivity contribution in [2.75, 3.05) is 6.61 Å². The van der Waals surface area contributed by atoms with E-state index in [1.165, 1.54) is 4.88 Å². The molecule has 30 heavy (non-hydrogen) atoms. The van der Waals surface area contributed by atoms with Crippen LogP contribution in [0.5, 0.6) is 5.75 Å². The summed E-state index contributed by atoms with van der Waals surface area (Å²) in [6.45, 7) is 4.06. The Balaban J connectivity index is 1.79. The Morgan fingerprint density at radius 1 is 1.23 bits per heavy atom. The van der Waals surface area contributed by atoms with Gasteiger partial charge in [-0.15, -0.1) is 11.3 Å². The van der Waals surface area contributed by atoms with Gasteiger partial charge in [0, 0.05) is 34.5 Å². The predicted molar refractivity (Wildman–Crippen MR) is 117 cm³/mol. The third-order valence-corrected chi connectivity index (χ3v) is 6.82. The van der Waals surface area contributed by atoms with Crippen molar-refractivity contribution in [1.29, 1.82) is 0 Å². The average Bonchev–Trinajstić information content (AvgIpc) is 3.25. The first-order chi connectivity index (χ1) is 14.5. The van der Waals surface area contributed by atoms with E-state index in [2.05, 4.69) is 6.07 Å². The van der Waals surface area contributed by atoms with Crippen molar-refractivity contribution in [3.8, 4) is 5.75 Å². The SMILES string of the molecule is CCCOC(=O)C1=C(C)N=C2C[C@H](c3cccs3)CC(=O)[C@@H]2[C@H]1c1cccc(O)c1. The quantitative estimate of drug-likeness (QED) is 0.688. The maximum atomic E-state index is 13.4. The largest absolute Gasteiger partial charge is 0.508 e. The topological polar surface area (TPSA) is 76.0 Å². The van der Waals surface area contributed by atoms with Crippen LogP contribution in [0, 0.1) is 5.92 Å². The van der Waals surface area contributed by atoms with Crippen LogP contribution in [0.2, 0.25) is 0 Å². The van der Waals surface area contributed by atoms with E-state index in [0.29, 0.717) is 37.1 Å². The number of nitrogens with zero attached hydrogens (tertiary/aromatic N) is 1. The summed E-state index contributed by atoms with van der Waals surface area (Å²) in [5, 5.41) is 12.1. The second-order valence-electron chi connectivity index (χ2n) is 7.88. The van der Waals surface area contributed by atoms with Crippen LogP contribution in [-0.4, -0.2) is 29.2 Å². The number of rotatable bonds is 5. The van der Waals surface area contributed by atoms with Crippen LogP contribution < -0.4 is 0 Å². The van der Waals surface area contributed by atoms with E-state index in [-0.39, 0.29) is 17.5 Å². The van der Waals surface area contributed by atoms with Crippen LogP contribution in [0.25, 0.3) is 0 Å². The number of phenolic OH excluding ortho intramolecular Hbond substituents is 1.